The summed E-state index contributed by atoms with van der Waals surface area (Å²) in [5.74, 6) is -0.731. The van der Waals surface area contributed by atoms with Gasteiger partial charge < -0.3 is 15.1 Å². The number of rotatable bonds is 4. The van der Waals surface area contributed by atoms with Gasteiger partial charge in [0.15, 0.2) is 0 Å². The zero-order chi connectivity index (χ0) is 16.9. The minimum Gasteiger partial charge on any atom is -0.368 e. The third-order valence-electron chi connectivity index (χ3n) is 4.25. The molecule has 2 aromatic rings. The summed E-state index contributed by atoms with van der Waals surface area (Å²) < 4.78 is 13.2. The van der Waals surface area contributed by atoms with E-state index in [1.54, 1.807) is 24.4 Å². The number of nitrogens with one attached hydrogen (secondary N) is 1. The molecule has 6 heteroatoms. The molecule has 0 spiro atoms. The first-order chi connectivity index (χ1) is 11.7. The van der Waals surface area contributed by atoms with Gasteiger partial charge in [0, 0.05) is 31.9 Å². The monoisotopic (exact) mass is 328 g/mol. The predicted molar refractivity (Wildman–Crippen MR) is 92.9 cm³/mol. The first kappa shape index (κ1) is 16.4. The van der Waals surface area contributed by atoms with Gasteiger partial charge in [-0.2, -0.15) is 0 Å². The van der Waals surface area contributed by atoms with Crippen molar-refractivity contribution >= 4 is 17.3 Å². The maximum Gasteiger partial charge on any atom is 0.274 e. The van der Waals surface area contributed by atoms with E-state index in [2.05, 4.69) is 27.0 Å². The van der Waals surface area contributed by atoms with Gasteiger partial charge in [-0.1, -0.05) is 13.0 Å². The number of amides is 1. The molecular formula is C18H21FN4O. The molecule has 0 atom stereocenters. The fraction of sp³-hybridized carbons (Fsp3) is 0.333. The van der Waals surface area contributed by atoms with Crippen LogP contribution >= 0.6 is 0 Å². The summed E-state index contributed by atoms with van der Waals surface area (Å²) in [6, 6.07) is 9.42. The fourth-order valence-corrected chi connectivity index (χ4v) is 2.79. The van der Waals surface area contributed by atoms with E-state index in [1.165, 1.54) is 12.1 Å². The summed E-state index contributed by atoms with van der Waals surface area (Å²) in [5.41, 5.74) is 1.75. The Hall–Kier alpha value is -2.47. The summed E-state index contributed by atoms with van der Waals surface area (Å²) in [6.07, 6.45) is 1.72. The van der Waals surface area contributed by atoms with Crippen LogP contribution in [0.4, 0.5) is 15.8 Å². The summed E-state index contributed by atoms with van der Waals surface area (Å²) in [5, 5.41) is 2.65. The Morgan fingerprint density at radius 3 is 2.62 bits per heavy atom. The Kier molecular flexibility index (Phi) is 5.05. The van der Waals surface area contributed by atoms with E-state index in [4.69, 9.17) is 0 Å². The number of carbonyl (C=O) groups excluding carboxylic acids is 1. The van der Waals surface area contributed by atoms with Crippen LogP contribution < -0.4 is 10.2 Å². The maximum absolute atomic E-state index is 13.2. The number of piperazine rings is 1. The standard InChI is InChI=1S/C18H21FN4O/c1-2-22-8-10-23(11-9-22)16-6-7-17(20-13-16)18(24)21-15-5-3-4-14(19)12-15/h3-7,12-13H,2,8-11H2,1H3,(H,21,24). The van der Waals surface area contributed by atoms with Crippen LogP contribution in [0, 0.1) is 5.82 Å². The van der Waals surface area contributed by atoms with Crippen LogP contribution in [-0.4, -0.2) is 48.5 Å². The van der Waals surface area contributed by atoms with E-state index in [9.17, 15) is 9.18 Å². The van der Waals surface area contributed by atoms with Crippen LogP contribution in [0.5, 0.6) is 0 Å². The lowest BCUT2D eigenvalue weighted by molar-refractivity contribution is 0.102. The van der Waals surface area contributed by atoms with Crippen molar-refractivity contribution in [2.75, 3.05) is 42.9 Å². The van der Waals surface area contributed by atoms with E-state index in [-0.39, 0.29) is 11.7 Å². The molecule has 1 amide bonds. The summed E-state index contributed by atoms with van der Waals surface area (Å²) in [4.78, 5) is 21.1. The van der Waals surface area contributed by atoms with Crippen molar-refractivity contribution in [1.82, 2.24) is 9.88 Å². The van der Waals surface area contributed by atoms with Gasteiger partial charge in [-0.05, 0) is 36.9 Å². The Balaban J connectivity index is 1.63. The van der Waals surface area contributed by atoms with Crippen molar-refractivity contribution in [1.29, 1.82) is 0 Å². The Morgan fingerprint density at radius 1 is 1.21 bits per heavy atom. The molecule has 1 aromatic carbocycles. The van der Waals surface area contributed by atoms with E-state index in [1.807, 2.05) is 6.07 Å². The van der Waals surface area contributed by atoms with Gasteiger partial charge in [-0.25, -0.2) is 9.37 Å². The Bertz CT molecular complexity index is 696. The topological polar surface area (TPSA) is 48.5 Å². The van der Waals surface area contributed by atoms with Crippen LogP contribution in [-0.2, 0) is 0 Å². The number of hydrogen-bond donors (Lipinski definition) is 1. The highest BCUT2D eigenvalue weighted by Crippen LogP contribution is 2.16. The van der Waals surface area contributed by atoms with E-state index < -0.39 is 0 Å². The number of likely N-dealkylation sites (N-methyl/N-ethyl adjacent to an activating group) is 1. The van der Waals surface area contributed by atoms with Gasteiger partial charge >= 0.3 is 0 Å². The minimum absolute atomic E-state index is 0.315. The van der Waals surface area contributed by atoms with E-state index >= 15 is 0 Å². The second-order valence-electron chi connectivity index (χ2n) is 5.79. The minimum atomic E-state index is -0.387. The van der Waals surface area contributed by atoms with Crippen molar-refractivity contribution in [3.63, 3.8) is 0 Å². The molecule has 126 valence electrons. The van der Waals surface area contributed by atoms with Gasteiger partial charge in [0.05, 0.1) is 11.9 Å². The quantitative estimate of drug-likeness (QED) is 0.937. The highest BCUT2D eigenvalue weighted by molar-refractivity contribution is 6.02. The molecule has 1 aliphatic heterocycles. The largest absolute Gasteiger partial charge is 0.368 e. The highest BCUT2D eigenvalue weighted by Gasteiger charge is 2.16. The molecule has 1 fully saturated rings. The molecule has 1 saturated heterocycles. The molecule has 24 heavy (non-hydrogen) atoms. The SMILES string of the molecule is CCN1CCN(c2ccc(C(=O)Nc3cccc(F)c3)nc2)CC1. The number of carbonyl (C=O) groups is 1. The van der Waals surface area contributed by atoms with E-state index in [0.29, 0.717) is 11.4 Å². The molecule has 2 heterocycles. The summed E-state index contributed by atoms with van der Waals surface area (Å²) in [7, 11) is 0. The van der Waals surface area contributed by atoms with Gasteiger partial charge in [-0.3, -0.25) is 4.79 Å². The third kappa shape index (κ3) is 3.89. The molecule has 0 aliphatic carbocycles. The van der Waals surface area contributed by atoms with Crippen LogP contribution in [0.3, 0.4) is 0 Å². The number of hydrogen-bond acceptors (Lipinski definition) is 4. The zero-order valence-electron chi connectivity index (χ0n) is 13.7. The normalized spacial score (nSPS) is 15.3. The van der Waals surface area contributed by atoms with Crippen LogP contribution in [0.2, 0.25) is 0 Å². The Morgan fingerprint density at radius 2 is 2.00 bits per heavy atom. The number of benzene rings is 1. The molecule has 1 N–H and O–H groups in total. The lowest BCUT2D eigenvalue weighted by Crippen LogP contribution is -2.46. The van der Waals surface area contributed by atoms with Gasteiger partial charge in [0.2, 0.25) is 0 Å². The molecule has 1 aliphatic rings. The average molecular weight is 328 g/mol. The zero-order valence-corrected chi connectivity index (χ0v) is 13.7. The lowest BCUT2D eigenvalue weighted by Gasteiger charge is -2.35. The average Bonchev–Trinajstić information content (AvgIpc) is 2.62. The molecule has 5 nitrogen and oxygen atoms in total. The number of halogens is 1. The van der Waals surface area contributed by atoms with E-state index in [0.717, 1.165) is 38.4 Å². The van der Waals surface area contributed by atoms with Crippen molar-refractivity contribution in [3.8, 4) is 0 Å². The first-order valence-corrected chi connectivity index (χ1v) is 8.16. The Labute approximate surface area is 141 Å². The number of aromatic nitrogens is 1. The van der Waals surface area contributed by atoms with Crippen molar-refractivity contribution in [3.05, 3.63) is 54.1 Å². The predicted octanol–water partition coefficient (Wildman–Crippen LogP) is 2.61. The number of nitrogens with zero attached hydrogens (tertiary/aromatic N) is 3. The van der Waals surface area contributed by atoms with Crippen LogP contribution in [0.25, 0.3) is 0 Å². The van der Waals surface area contributed by atoms with Crippen LogP contribution in [0.1, 0.15) is 17.4 Å². The van der Waals surface area contributed by atoms with Crippen LogP contribution in [0.15, 0.2) is 42.6 Å². The van der Waals surface area contributed by atoms with Crippen molar-refractivity contribution < 1.29 is 9.18 Å². The molecule has 3 rings (SSSR count). The second kappa shape index (κ2) is 7.40. The first-order valence-electron chi connectivity index (χ1n) is 8.16. The lowest BCUT2D eigenvalue weighted by atomic mass is 10.2. The molecular weight excluding hydrogens is 307 g/mol. The fourth-order valence-electron chi connectivity index (χ4n) is 2.79. The molecule has 0 radical (unpaired) electrons. The molecule has 0 unspecified atom stereocenters. The summed E-state index contributed by atoms with van der Waals surface area (Å²) in [6.45, 7) is 7.25. The van der Waals surface area contributed by atoms with Crippen molar-refractivity contribution in [2.24, 2.45) is 0 Å². The highest BCUT2D eigenvalue weighted by atomic mass is 19.1. The maximum atomic E-state index is 13.2. The molecule has 0 bridgehead atoms. The van der Waals surface area contributed by atoms with Gasteiger partial charge in [-0.15, -0.1) is 0 Å². The van der Waals surface area contributed by atoms with Crippen molar-refractivity contribution in [2.45, 2.75) is 6.92 Å². The molecule has 1 aromatic heterocycles. The summed E-state index contributed by atoms with van der Waals surface area (Å²) >= 11 is 0. The van der Waals surface area contributed by atoms with Gasteiger partial charge in [0.25, 0.3) is 5.91 Å². The third-order valence-corrected chi connectivity index (χ3v) is 4.25. The van der Waals surface area contributed by atoms with Gasteiger partial charge in [0.1, 0.15) is 11.5 Å². The molecule has 0 saturated carbocycles. The smallest absolute Gasteiger partial charge is 0.274 e. The number of anilines is 2. The second-order valence-corrected chi connectivity index (χ2v) is 5.79. The number of pyridine rings is 1.